The number of nitrogens with two attached hydrogens (primary N) is 1. The Labute approximate surface area is 113 Å². The quantitative estimate of drug-likeness (QED) is 0.534. The second-order valence-corrected chi connectivity index (χ2v) is 6.02. The third-order valence-electron chi connectivity index (χ3n) is 3.06. The molecule has 18 heavy (non-hydrogen) atoms. The van der Waals surface area contributed by atoms with Crippen LogP contribution in [-0.2, 0) is 0 Å². The molecule has 0 amide bonds. The van der Waals surface area contributed by atoms with Gasteiger partial charge >= 0.3 is 0 Å². The molecule has 1 heterocycles. The van der Waals surface area contributed by atoms with E-state index in [1.165, 1.54) is 0 Å². The smallest absolute Gasteiger partial charge is 0.176 e. The number of hydrogen-bond acceptors (Lipinski definition) is 3. The predicted octanol–water partition coefficient (Wildman–Crippen LogP) is 1.84. The Bertz CT molecular complexity index is 468. The van der Waals surface area contributed by atoms with Crippen LogP contribution < -0.4 is 16.0 Å². The molecule has 0 unspecified atom stereocenters. The molecular formula is C13H19N3OS. The topological polar surface area (TPSA) is 61.5 Å². The molecule has 1 fully saturated rings. The Morgan fingerprint density at radius 1 is 1.28 bits per heavy atom. The lowest BCUT2D eigenvalue weighted by Gasteiger charge is -2.49. The van der Waals surface area contributed by atoms with Crippen molar-refractivity contribution in [2.24, 2.45) is 0 Å². The molecule has 1 aliphatic rings. The Balaban J connectivity index is 2.38. The van der Waals surface area contributed by atoms with Gasteiger partial charge in [0, 0.05) is 23.3 Å². The number of thiocarbonyl (C=S) groups is 1. The maximum atomic E-state index is 10.6. The van der Waals surface area contributed by atoms with E-state index in [9.17, 15) is 5.11 Å². The molecular weight excluding hydrogens is 246 g/mol. The molecule has 1 aliphatic heterocycles. The van der Waals surface area contributed by atoms with Crippen molar-refractivity contribution in [2.75, 3.05) is 10.6 Å². The SMILES string of the molecule is CC1(C)C[C@](C)(O)N(c2ccc(N)cc2)C(=S)N1. The summed E-state index contributed by atoms with van der Waals surface area (Å²) < 4.78 is 0. The van der Waals surface area contributed by atoms with E-state index in [-0.39, 0.29) is 5.54 Å². The number of nitrogens with one attached hydrogen (secondary N) is 1. The molecule has 0 aliphatic carbocycles. The molecule has 1 aromatic rings. The van der Waals surface area contributed by atoms with Gasteiger partial charge in [-0.2, -0.15) is 0 Å². The average Bonchev–Trinajstić information content (AvgIpc) is 2.16. The molecule has 0 radical (unpaired) electrons. The van der Waals surface area contributed by atoms with Gasteiger partial charge in [0.2, 0.25) is 0 Å². The van der Waals surface area contributed by atoms with E-state index in [0.29, 0.717) is 17.2 Å². The summed E-state index contributed by atoms with van der Waals surface area (Å²) in [5.41, 5.74) is 5.97. The van der Waals surface area contributed by atoms with Crippen molar-refractivity contribution in [3.63, 3.8) is 0 Å². The fourth-order valence-corrected chi connectivity index (χ4v) is 3.12. The first-order chi connectivity index (χ1) is 8.21. The van der Waals surface area contributed by atoms with Crippen molar-refractivity contribution in [3.05, 3.63) is 24.3 Å². The maximum Gasteiger partial charge on any atom is 0.176 e. The third-order valence-corrected chi connectivity index (χ3v) is 3.34. The minimum absolute atomic E-state index is 0.217. The van der Waals surface area contributed by atoms with Crippen molar-refractivity contribution in [1.29, 1.82) is 0 Å². The molecule has 4 nitrogen and oxygen atoms in total. The van der Waals surface area contributed by atoms with Gasteiger partial charge in [-0.25, -0.2) is 0 Å². The highest BCUT2D eigenvalue weighted by Gasteiger charge is 2.43. The van der Waals surface area contributed by atoms with Crippen LogP contribution in [0.2, 0.25) is 0 Å². The summed E-state index contributed by atoms with van der Waals surface area (Å²) in [5, 5.41) is 14.4. The monoisotopic (exact) mass is 265 g/mol. The van der Waals surface area contributed by atoms with E-state index in [0.717, 1.165) is 5.69 Å². The molecule has 1 aromatic carbocycles. The zero-order valence-corrected chi connectivity index (χ0v) is 11.7. The lowest BCUT2D eigenvalue weighted by molar-refractivity contribution is 0.0278. The zero-order chi connectivity index (χ0) is 13.6. The van der Waals surface area contributed by atoms with Crippen molar-refractivity contribution in [2.45, 2.75) is 38.5 Å². The van der Waals surface area contributed by atoms with E-state index < -0.39 is 5.72 Å². The molecule has 1 saturated heterocycles. The normalized spacial score (nSPS) is 26.9. The van der Waals surface area contributed by atoms with Gasteiger partial charge in [-0.15, -0.1) is 0 Å². The lowest BCUT2D eigenvalue weighted by atomic mass is 9.90. The number of rotatable bonds is 1. The number of anilines is 2. The number of aliphatic hydroxyl groups is 1. The second kappa shape index (κ2) is 4.10. The van der Waals surface area contributed by atoms with Crippen LogP contribution in [0.4, 0.5) is 11.4 Å². The molecule has 0 saturated carbocycles. The first kappa shape index (κ1) is 13.1. The van der Waals surface area contributed by atoms with Crippen LogP contribution in [0.3, 0.4) is 0 Å². The minimum Gasteiger partial charge on any atom is -0.399 e. The van der Waals surface area contributed by atoms with Crippen LogP contribution in [0.15, 0.2) is 24.3 Å². The Hall–Kier alpha value is -1.33. The van der Waals surface area contributed by atoms with Gasteiger partial charge in [0.15, 0.2) is 5.11 Å². The fraction of sp³-hybridized carbons (Fsp3) is 0.462. The van der Waals surface area contributed by atoms with Crippen molar-refractivity contribution >= 4 is 28.7 Å². The molecule has 4 N–H and O–H groups in total. The Morgan fingerprint density at radius 3 is 2.33 bits per heavy atom. The van der Waals surface area contributed by atoms with Gasteiger partial charge in [0.1, 0.15) is 5.72 Å². The molecule has 1 atom stereocenters. The summed E-state index contributed by atoms with van der Waals surface area (Å²) in [4.78, 5) is 1.73. The van der Waals surface area contributed by atoms with Gasteiger partial charge < -0.3 is 16.2 Å². The highest BCUT2D eigenvalue weighted by molar-refractivity contribution is 7.80. The molecule has 0 spiro atoms. The molecule has 0 bridgehead atoms. The number of hydrogen-bond donors (Lipinski definition) is 3. The molecule has 2 rings (SSSR count). The fourth-order valence-electron chi connectivity index (χ4n) is 2.54. The van der Waals surface area contributed by atoms with Crippen molar-refractivity contribution in [1.82, 2.24) is 5.32 Å². The van der Waals surface area contributed by atoms with Crippen LogP contribution in [0.25, 0.3) is 0 Å². The number of nitrogen functional groups attached to an aromatic ring is 1. The minimum atomic E-state index is -1.01. The van der Waals surface area contributed by atoms with Crippen LogP contribution in [0.1, 0.15) is 27.2 Å². The average molecular weight is 265 g/mol. The van der Waals surface area contributed by atoms with E-state index in [1.54, 1.807) is 24.0 Å². The largest absolute Gasteiger partial charge is 0.399 e. The highest BCUT2D eigenvalue weighted by atomic mass is 32.1. The van der Waals surface area contributed by atoms with Gasteiger partial charge in [-0.1, -0.05) is 0 Å². The summed E-state index contributed by atoms with van der Waals surface area (Å²) in [6, 6.07) is 7.31. The van der Waals surface area contributed by atoms with Gasteiger partial charge in [0.05, 0.1) is 0 Å². The summed E-state index contributed by atoms with van der Waals surface area (Å²) in [7, 11) is 0. The van der Waals surface area contributed by atoms with Gasteiger partial charge in [0.25, 0.3) is 0 Å². The molecule has 5 heteroatoms. The summed E-state index contributed by atoms with van der Waals surface area (Å²) in [6.07, 6.45) is 0.574. The summed E-state index contributed by atoms with van der Waals surface area (Å²) in [6.45, 7) is 5.82. The van der Waals surface area contributed by atoms with E-state index in [4.69, 9.17) is 18.0 Å². The number of nitrogens with zero attached hydrogens (tertiary/aromatic N) is 1. The molecule has 0 aromatic heterocycles. The molecule has 98 valence electrons. The Kier molecular flexibility index (Phi) is 2.99. The van der Waals surface area contributed by atoms with E-state index in [1.807, 2.05) is 26.0 Å². The number of benzene rings is 1. The third kappa shape index (κ3) is 2.42. The van der Waals surface area contributed by atoms with Crippen LogP contribution in [0.5, 0.6) is 0 Å². The highest BCUT2D eigenvalue weighted by Crippen LogP contribution is 2.33. The first-order valence-corrected chi connectivity index (χ1v) is 6.32. The van der Waals surface area contributed by atoms with Gasteiger partial charge in [-0.05, 0) is 57.3 Å². The summed E-state index contributed by atoms with van der Waals surface area (Å²) >= 11 is 5.36. The first-order valence-electron chi connectivity index (χ1n) is 5.92. The zero-order valence-electron chi connectivity index (χ0n) is 10.9. The predicted molar refractivity (Wildman–Crippen MR) is 78.4 cm³/mol. The van der Waals surface area contributed by atoms with Crippen LogP contribution in [-0.4, -0.2) is 21.5 Å². The summed E-state index contributed by atoms with van der Waals surface area (Å²) in [5.74, 6) is 0. The van der Waals surface area contributed by atoms with Crippen LogP contribution in [0, 0.1) is 0 Å². The van der Waals surface area contributed by atoms with E-state index >= 15 is 0 Å². The van der Waals surface area contributed by atoms with E-state index in [2.05, 4.69) is 5.32 Å². The Morgan fingerprint density at radius 2 is 1.83 bits per heavy atom. The van der Waals surface area contributed by atoms with Crippen molar-refractivity contribution < 1.29 is 5.11 Å². The van der Waals surface area contributed by atoms with Crippen LogP contribution >= 0.6 is 12.2 Å². The van der Waals surface area contributed by atoms with Gasteiger partial charge in [-0.3, -0.25) is 4.90 Å². The lowest BCUT2D eigenvalue weighted by Crippen LogP contribution is -2.66. The maximum absolute atomic E-state index is 10.6. The standard InChI is InChI=1S/C13H19N3OS/c1-12(2)8-13(3,17)16(11(18)15-12)10-6-4-9(14)5-7-10/h4-7,17H,8,14H2,1-3H3,(H,15,18)/t13-/m0/s1. The van der Waals surface area contributed by atoms with Crippen molar-refractivity contribution in [3.8, 4) is 0 Å². The second-order valence-electron chi connectivity index (χ2n) is 5.63.